The zero-order valence-electron chi connectivity index (χ0n) is 11.8. The first-order valence-corrected chi connectivity index (χ1v) is 8.34. The number of aromatic carboxylic acids is 1. The lowest BCUT2D eigenvalue weighted by Gasteiger charge is -2.13. The molecule has 0 spiro atoms. The van der Waals surface area contributed by atoms with Crippen LogP contribution in [-0.2, 0) is 23.5 Å². The minimum Gasteiger partial charge on any atom is -0.478 e. The van der Waals surface area contributed by atoms with Gasteiger partial charge in [0, 0.05) is 24.9 Å². The molecule has 0 aliphatic heterocycles. The lowest BCUT2D eigenvalue weighted by atomic mass is 10.1. The van der Waals surface area contributed by atoms with E-state index < -0.39 is 15.8 Å². The van der Waals surface area contributed by atoms with E-state index in [4.69, 9.17) is 21.4 Å². The van der Waals surface area contributed by atoms with Gasteiger partial charge in [-0.25, -0.2) is 17.9 Å². The second-order valence-corrected chi connectivity index (χ2v) is 6.92. The van der Waals surface area contributed by atoms with Crippen molar-refractivity contribution >= 4 is 27.4 Å². The summed E-state index contributed by atoms with van der Waals surface area (Å²) in [5.41, 5.74) is -0.0806. The van der Waals surface area contributed by atoms with E-state index in [1.807, 2.05) is 0 Å². The van der Waals surface area contributed by atoms with Crippen LogP contribution >= 0.6 is 11.6 Å². The number of hydrogen-bond donors (Lipinski definition) is 1. The lowest BCUT2D eigenvalue weighted by molar-refractivity contribution is 0.0696. The number of ether oxygens (including phenoxy) is 1. The molecular weight excluding hydrogens is 332 g/mol. The predicted molar refractivity (Wildman–Crippen MR) is 79.1 cm³/mol. The molecule has 0 amide bonds. The molecule has 1 heterocycles. The van der Waals surface area contributed by atoms with Crippen LogP contribution in [0.1, 0.15) is 15.9 Å². The molecule has 1 aromatic heterocycles. The molecular formula is C13H13ClN2O5S. The van der Waals surface area contributed by atoms with Gasteiger partial charge in [-0.1, -0.05) is 11.6 Å². The van der Waals surface area contributed by atoms with Crippen LogP contribution in [-0.4, -0.2) is 35.5 Å². The minimum absolute atomic E-state index is 0.0651. The summed E-state index contributed by atoms with van der Waals surface area (Å²) < 4.78 is 30.6. The van der Waals surface area contributed by atoms with Gasteiger partial charge < -0.3 is 9.84 Å². The summed E-state index contributed by atoms with van der Waals surface area (Å²) in [6, 6.07) is 3.97. The molecule has 0 atom stereocenters. The number of carboxylic acid groups (broad SMARTS) is 1. The van der Waals surface area contributed by atoms with E-state index >= 15 is 0 Å². The molecule has 0 aliphatic rings. The molecule has 7 nitrogen and oxygen atoms in total. The van der Waals surface area contributed by atoms with Crippen LogP contribution in [0, 0.1) is 0 Å². The smallest absolute Gasteiger partial charge is 0.337 e. The number of carboxylic acids is 1. The van der Waals surface area contributed by atoms with E-state index in [1.54, 1.807) is 13.1 Å². The second kappa shape index (κ2) is 5.98. The highest BCUT2D eigenvalue weighted by Gasteiger charge is 2.22. The number of aromatic nitrogens is 2. The Kier molecular flexibility index (Phi) is 4.43. The molecule has 2 aromatic rings. The van der Waals surface area contributed by atoms with Gasteiger partial charge >= 0.3 is 5.97 Å². The summed E-state index contributed by atoms with van der Waals surface area (Å²) in [6.45, 7) is -0.193. The Morgan fingerprint density at radius 2 is 2.09 bits per heavy atom. The van der Waals surface area contributed by atoms with Gasteiger partial charge in [-0.3, -0.25) is 0 Å². The van der Waals surface area contributed by atoms with Gasteiger partial charge in [0.2, 0.25) is 5.88 Å². The third-order valence-electron chi connectivity index (χ3n) is 2.97. The van der Waals surface area contributed by atoms with E-state index in [1.165, 1.54) is 16.9 Å². The fraction of sp³-hybridized carbons (Fsp3) is 0.231. The Morgan fingerprint density at radius 3 is 2.59 bits per heavy atom. The first-order chi connectivity index (χ1) is 10.2. The van der Waals surface area contributed by atoms with Crippen molar-refractivity contribution in [2.75, 3.05) is 6.26 Å². The molecule has 0 fully saturated rings. The van der Waals surface area contributed by atoms with Crippen molar-refractivity contribution in [1.82, 2.24) is 9.78 Å². The number of hydrogen-bond acceptors (Lipinski definition) is 5. The topological polar surface area (TPSA) is 98.5 Å². The normalized spacial score (nSPS) is 11.4. The summed E-state index contributed by atoms with van der Waals surface area (Å²) in [7, 11) is -1.92. The quantitative estimate of drug-likeness (QED) is 0.887. The Hall–Kier alpha value is -2.06. The molecule has 1 N–H and O–H groups in total. The fourth-order valence-electron chi connectivity index (χ4n) is 1.90. The third-order valence-corrected chi connectivity index (χ3v) is 4.58. The Bertz CT molecular complexity index is 829. The summed E-state index contributed by atoms with van der Waals surface area (Å²) >= 11 is 6.05. The highest BCUT2D eigenvalue weighted by Crippen LogP contribution is 2.29. The molecule has 2 rings (SSSR count). The Labute approximate surface area is 132 Å². The molecule has 0 saturated carbocycles. The van der Waals surface area contributed by atoms with Gasteiger partial charge in [-0.15, -0.1) is 0 Å². The largest absolute Gasteiger partial charge is 0.478 e. The van der Waals surface area contributed by atoms with E-state index in [2.05, 4.69) is 5.10 Å². The van der Waals surface area contributed by atoms with Crippen LogP contribution in [0.3, 0.4) is 0 Å². The number of halogens is 1. The van der Waals surface area contributed by atoms with Gasteiger partial charge in [-0.05, 0) is 12.1 Å². The second-order valence-electron chi connectivity index (χ2n) is 4.56. The maximum Gasteiger partial charge on any atom is 0.337 e. The SMILES string of the molecule is Cn1nccc1OCc1c(S(C)(=O)=O)ccc(C(=O)O)c1Cl. The highest BCUT2D eigenvalue weighted by molar-refractivity contribution is 7.90. The van der Waals surface area contributed by atoms with Crippen molar-refractivity contribution < 1.29 is 23.1 Å². The van der Waals surface area contributed by atoms with Gasteiger partial charge in [0.15, 0.2) is 9.84 Å². The standard InChI is InChI=1S/C13H13ClN2O5S/c1-16-11(5-6-15-16)21-7-9-10(22(2,19)20)4-3-8(12(9)14)13(17)18/h3-6H,7H2,1-2H3,(H,17,18). The zero-order valence-corrected chi connectivity index (χ0v) is 13.3. The number of sulfone groups is 1. The van der Waals surface area contributed by atoms with Crippen molar-refractivity contribution in [2.45, 2.75) is 11.5 Å². The lowest BCUT2D eigenvalue weighted by Crippen LogP contribution is -2.10. The van der Waals surface area contributed by atoms with Crippen molar-refractivity contribution in [2.24, 2.45) is 7.05 Å². The number of benzene rings is 1. The van der Waals surface area contributed by atoms with E-state index in [0.29, 0.717) is 5.88 Å². The molecule has 0 unspecified atom stereocenters. The Morgan fingerprint density at radius 1 is 1.41 bits per heavy atom. The number of rotatable bonds is 5. The van der Waals surface area contributed by atoms with Crippen molar-refractivity contribution in [1.29, 1.82) is 0 Å². The molecule has 118 valence electrons. The summed E-state index contributed by atoms with van der Waals surface area (Å²) in [5.74, 6) is -0.844. The maximum absolute atomic E-state index is 11.8. The number of aryl methyl sites for hydroxylation is 1. The van der Waals surface area contributed by atoms with Crippen LogP contribution in [0.25, 0.3) is 0 Å². The minimum atomic E-state index is -3.58. The maximum atomic E-state index is 11.8. The highest BCUT2D eigenvalue weighted by atomic mass is 35.5. The molecule has 0 bridgehead atoms. The number of carbonyl (C=O) groups is 1. The first kappa shape index (κ1) is 16.3. The van der Waals surface area contributed by atoms with Gasteiger partial charge in [-0.2, -0.15) is 5.10 Å². The molecule has 0 aliphatic carbocycles. The molecule has 9 heteroatoms. The first-order valence-electron chi connectivity index (χ1n) is 6.07. The van der Waals surface area contributed by atoms with Gasteiger partial charge in [0.25, 0.3) is 0 Å². The fourth-order valence-corrected chi connectivity index (χ4v) is 3.18. The van der Waals surface area contributed by atoms with Crippen molar-refractivity contribution in [3.8, 4) is 5.88 Å². The molecule has 0 radical (unpaired) electrons. The van der Waals surface area contributed by atoms with Crippen molar-refractivity contribution in [3.63, 3.8) is 0 Å². The summed E-state index contributed by atoms with van der Waals surface area (Å²) in [6.07, 6.45) is 2.54. The average Bonchev–Trinajstić information content (AvgIpc) is 2.81. The zero-order chi connectivity index (χ0) is 16.5. The van der Waals surface area contributed by atoms with Crippen LogP contribution in [0.15, 0.2) is 29.3 Å². The monoisotopic (exact) mass is 344 g/mol. The summed E-state index contributed by atoms with van der Waals surface area (Å²) in [5, 5.41) is 12.9. The van der Waals surface area contributed by atoms with Gasteiger partial charge in [0.1, 0.15) is 6.61 Å². The van der Waals surface area contributed by atoms with Crippen LogP contribution in [0.4, 0.5) is 0 Å². The van der Waals surface area contributed by atoms with E-state index in [9.17, 15) is 13.2 Å². The molecule has 22 heavy (non-hydrogen) atoms. The summed E-state index contributed by atoms with van der Waals surface area (Å²) in [4.78, 5) is 11.1. The van der Waals surface area contributed by atoms with Crippen LogP contribution in [0.5, 0.6) is 5.88 Å². The predicted octanol–water partition coefficient (Wildman–Crippen LogP) is 1.75. The van der Waals surface area contributed by atoms with E-state index in [0.717, 1.165) is 12.3 Å². The third kappa shape index (κ3) is 3.23. The van der Waals surface area contributed by atoms with Crippen LogP contribution < -0.4 is 4.74 Å². The average molecular weight is 345 g/mol. The Balaban J connectivity index is 2.48. The van der Waals surface area contributed by atoms with Gasteiger partial charge in [0.05, 0.1) is 21.7 Å². The van der Waals surface area contributed by atoms with Crippen LogP contribution in [0.2, 0.25) is 5.02 Å². The van der Waals surface area contributed by atoms with Crippen molar-refractivity contribution in [3.05, 3.63) is 40.5 Å². The number of nitrogens with zero attached hydrogens (tertiary/aromatic N) is 2. The molecule has 0 saturated heterocycles. The molecule has 1 aromatic carbocycles. The van der Waals surface area contributed by atoms with E-state index in [-0.39, 0.29) is 27.7 Å².